The molecule has 0 aromatic heterocycles. The molecule has 122 valence electrons. The van der Waals surface area contributed by atoms with E-state index in [2.05, 4.69) is 0 Å². The summed E-state index contributed by atoms with van der Waals surface area (Å²) in [5.74, 6) is -0.186. The molecule has 0 amide bonds. The van der Waals surface area contributed by atoms with Crippen molar-refractivity contribution in [2.45, 2.75) is 25.6 Å². The van der Waals surface area contributed by atoms with Crippen LogP contribution in [0.1, 0.15) is 22.8 Å². The minimum atomic E-state index is -0.543. The van der Waals surface area contributed by atoms with E-state index in [0.717, 1.165) is 0 Å². The van der Waals surface area contributed by atoms with Crippen LogP contribution in [0.3, 0.4) is 0 Å². The molecule has 4 N–H and O–H groups in total. The van der Waals surface area contributed by atoms with Gasteiger partial charge in [0.05, 0.1) is 0 Å². The molecule has 2 aromatic rings. The second kappa shape index (κ2) is 5.55. The van der Waals surface area contributed by atoms with Crippen molar-refractivity contribution in [2.24, 2.45) is 0 Å². The van der Waals surface area contributed by atoms with Crippen LogP contribution in [-0.2, 0) is 11.2 Å². The summed E-state index contributed by atoms with van der Waals surface area (Å²) in [4.78, 5) is 0. The van der Waals surface area contributed by atoms with Gasteiger partial charge in [-0.2, -0.15) is 0 Å². The van der Waals surface area contributed by atoms with Gasteiger partial charge in [0.15, 0.2) is 17.6 Å². The molecule has 0 radical (unpaired) electrons. The molecule has 3 rings (SSSR count). The molecule has 0 bridgehead atoms. The lowest BCUT2D eigenvalue weighted by Crippen LogP contribution is -2.32. The minimum Gasteiger partial charge on any atom is -0.508 e. The van der Waals surface area contributed by atoms with Crippen molar-refractivity contribution < 1.29 is 29.9 Å². The van der Waals surface area contributed by atoms with E-state index in [0.29, 0.717) is 28.9 Å². The summed E-state index contributed by atoms with van der Waals surface area (Å²) in [7, 11) is 1.54. The van der Waals surface area contributed by atoms with Crippen LogP contribution < -0.4 is 4.74 Å². The van der Waals surface area contributed by atoms with E-state index in [-0.39, 0.29) is 29.1 Å². The fourth-order valence-corrected chi connectivity index (χ4v) is 2.89. The average Bonchev–Trinajstić information content (AvgIpc) is 2.50. The Balaban J connectivity index is 2.05. The standard InChI is InChI=1S/C17H18O6/c1-8-3-9(4-13(20)16(8)21)17-15(22-2)7-11-12(19)5-10(18)6-14(11)23-17/h3-6,15,17-21H,7H2,1-2H3. The number of ether oxygens (including phenoxy) is 2. The lowest BCUT2D eigenvalue weighted by Gasteiger charge is -2.33. The Labute approximate surface area is 133 Å². The largest absolute Gasteiger partial charge is 0.508 e. The molecular weight excluding hydrogens is 300 g/mol. The van der Waals surface area contributed by atoms with Crippen molar-refractivity contribution in [1.29, 1.82) is 0 Å². The van der Waals surface area contributed by atoms with E-state index >= 15 is 0 Å². The predicted molar refractivity (Wildman–Crippen MR) is 82.2 cm³/mol. The molecule has 0 saturated heterocycles. The van der Waals surface area contributed by atoms with E-state index in [1.807, 2.05) is 0 Å². The number of benzene rings is 2. The highest BCUT2D eigenvalue weighted by atomic mass is 16.5. The van der Waals surface area contributed by atoms with E-state index in [9.17, 15) is 20.4 Å². The first kappa shape index (κ1) is 15.3. The van der Waals surface area contributed by atoms with Crippen LogP contribution in [0.15, 0.2) is 24.3 Å². The van der Waals surface area contributed by atoms with Gasteiger partial charge >= 0.3 is 0 Å². The first-order valence-corrected chi connectivity index (χ1v) is 7.17. The monoisotopic (exact) mass is 318 g/mol. The van der Waals surface area contributed by atoms with Gasteiger partial charge in [-0.3, -0.25) is 0 Å². The molecule has 6 heteroatoms. The predicted octanol–water partition coefficient (Wildman–Crippen LogP) is 2.51. The van der Waals surface area contributed by atoms with Crippen LogP contribution in [0.4, 0.5) is 0 Å². The fraction of sp³-hybridized carbons (Fsp3) is 0.294. The van der Waals surface area contributed by atoms with E-state index < -0.39 is 6.10 Å². The van der Waals surface area contributed by atoms with Gasteiger partial charge in [-0.15, -0.1) is 0 Å². The van der Waals surface area contributed by atoms with Crippen LogP contribution in [-0.4, -0.2) is 33.6 Å². The zero-order valence-corrected chi connectivity index (χ0v) is 12.8. The number of rotatable bonds is 2. The molecule has 2 atom stereocenters. The molecule has 1 aliphatic heterocycles. The number of phenolic OH excluding ortho intramolecular Hbond substituents is 4. The molecule has 0 spiro atoms. The number of fused-ring (bicyclic) bond motifs is 1. The van der Waals surface area contributed by atoms with E-state index in [1.54, 1.807) is 13.0 Å². The molecule has 0 fully saturated rings. The second-order valence-electron chi connectivity index (χ2n) is 5.66. The van der Waals surface area contributed by atoms with Crippen molar-refractivity contribution in [1.82, 2.24) is 0 Å². The first-order valence-electron chi connectivity index (χ1n) is 7.17. The maximum atomic E-state index is 9.96. The molecule has 0 aliphatic carbocycles. The van der Waals surface area contributed by atoms with Crippen molar-refractivity contribution in [2.75, 3.05) is 7.11 Å². The second-order valence-corrected chi connectivity index (χ2v) is 5.66. The van der Waals surface area contributed by atoms with Crippen molar-refractivity contribution in [3.05, 3.63) is 41.0 Å². The highest BCUT2D eigenvalue weighted by molar-refractivity contribution is 5.53. The number of hydrogen-bond acceptors (Lipinski definition) is 6. The molecule has 2 aromatic carbocycles. The number of methoxy groups -OCH3 is 1. The smallest absolute Gasteiger partial charge is 0.160 e. The molecule has 6 nitrogen and oxygen atoms in total. The van der Waals surface area contributed by atoms with Crippen LogP contribution in [0.5, 0.6) is 28.7 Å². The SMILES string of the molecule is COC1Cc2c(O)cc(O)cc2OC1c1cc(C)c(O)c(O)c1. The summed E-state index contributed by atoms with van der Waals surface area (Å²) >= 11 is 0. The zero-order chi connectivity index (χ0) is 16.7. The first-order chi connectivity index (χ1) is 10.9. The van der Waals surface area contributed by atoms with Crippen molar-refractivity contribution >= 4 is 0 Å². The van der Waals surface area contributed by atoms with Gasteiger partial charge in [0.2, 0.25) is 0 Å². The van der Waals surface area contributed by atoms with Gasteiger partial charge in [-0.05, 0) is 30.2 Å². The number of aryl methyl sites for hydroxylation is 1. The Bertz CT molecular complexity index is 732. The normalized spacial score (nSPS) is 19.9. The molecule has 2 unspecified atom stereocenters. The van der Waals surface area contributed by atoms with Crippen LogP contribution >= 0.6 is 0 Å². The highest BCUT2D eigenvalue weighted by Gasteiger charge is 2.34. The molecular formula is C17H18O6. The molecule has 1 heterocycles. The summed E-state index contributed by atoms with van der Waals surface area (Å²) in [6.07, 6.45) is -0.538. The van der Waals surface area contributed by atoms with Gasteiger partial charge in [0.25, 0.3) is 0 Å². The minimum absolute atomic E-state index is 0.0507. The number of aromatic hydroxyl groups is 4. The third kappa shape index (κ3) is 2.61. The zero-order valence-electron chi connectivity index (χ0n) is 12.8. The highest BCUT2D eigenvalue weighted by Crippen LogP contribution is 2.44. The number of hydrogen-bond donors (Lipinski definition) is 4. The third-order valence-corrected chi connectivity index (χ3v) is 4.10. The maximum absolute atomic E-state index is 9.96. The van der Waals surface area contributed by atoms with Gasteiger partial charge in [0, 0.05) is 31.2 Å². The maximum Gasteiger partial charge on any atom is 0.160 e. The summed E-state index contributed by atoms with van der Waals surface area (Å²) < 4.78 is 11.4. The molecule has 0 saturated carbocycles. The average molecular weight is 318 g/mol. The van der Waals surface area contributed by atoms with Crippen LogP contribution in [0.2, 0.25) is 0 Å². The van der Waals surface area contributed by atoms with Crippen LogP contribution in [0, 0.1) is 6.92 Å². The molecule has 23 heavy (non-hydrogen) atoms. The van der Waals surface area contributed by atoms with Gasteiger partial charge in [-0.25, -0.2) is 0 Å². The fourth-order valence-electron chi connectivity index (χ4n) is 2.89. The van der Waals surface area contributed by atoms with Gasteiger partial charge < -0.3 is 29.9 Å². The Morgan fingerprint density at radius 3 is 2.43 bits per heavy atom. The van der Waals surface area contributed by atoms with E-state index in [4.69, 9.17) is 9.47 Å². The lowest BCUT2D eigenvalue weighted by atomic mass is 9.93. The molecule has 1 aliphatic rings. The van der Waals surface area contributed by atoms with Crippen LogP contribution in [0.25, 0.3) is 0 Å². The third-order valence-electron chi connectivity index (χ3n) is 4.10. The summed E-state index contributed by atoms with van der Waals surface area (Å²) in [5, 5.41) is 39.1. The Kier molecular flexibility index (Phi) is 3.69. The van der Waals surface area contributed by atoms with Crippen molar-refractivity contribution in [3.63, 3.8) is 0 Å². The Hall–Kier alpha value is -2.60. The Morgan fingerprint density at radius 1 is 1.04 bits per heavy atom. The van der Waals surface area contributed by atoms with Crippen molar-refractivity contribution in [3.8, 4) is 28.7 Å². The Morgan fingerprint density at radius 2 is 1.78 bits per heavy atom. The van der Waals surface area contributed by atoms with Gasteiger partial charge in [-0.1, -0.05) is 0 Å². The summed E-state index contributed by atoms with van der Waals surface area (Å²) in [6.45, 7) is 1.68. The summed E-state index contributed by atoms with van der Waals surface area (Å²) in [6, 6.07) is 5.82. The van der Waals surface area contributed by atoms with E-state index in [1.165, 1.54) is 25.3 Å². The lowest BCUT2D eigenvalue weighted by molar-refractivity contribution is -0.0122. The quantitative estimate of drug-likeness (QED) is 0.635. The number of phenols is 4. The summed E-state index contributed by atoms with van der Waals surface area (Å²) in [5.41, 5.74) is 1.71. The topological polar surface area (TPSA) is 99.4 Å². The van der Waals surface area contributed by atoms with Gasteiger partial charge in [0.1, 0.15) is 23.4 Å².